The van der Waals surface area contributed by atoms with Gasteiger partial charge in [-0.1, -0.05) is 161 Å². The van der Waals surface area contributed by atoms with Crippen LogP contribution >= 0.6 is 0 Å². The Bertz CT molecular complexity index is 4830. The van der Waals surface area contributed by atoms with Gasteiger partial charge in [-0.25, -0.2) is 0 Å². The molecule has 0 aromatic heterocycles. The molecule has 19 rings (SSSR count). The summed E-state index contributed by atoms with van der Waals surface area (Å²) in [6.07, 6.45) is 0. The smallest absolute Gasteiger partial charge is 0.256 e. The predicted octanol–water partition coefficient (Wildman–Crippen LogP) is 15.8. The molecule has 0 unspecified atom stereocenters. The van der Waals surface area contributed by atoms with Crippen LogP contribution in [0.25, 0.3) is 33.4 Å². The Hall–Kier alpha value is -11.1. The lowest BCUT2D eigenvalue weighted by Gasteiger charge is -2.40. The Morgan fingerprint density at radius 1 is 0.215 bits per heavy atom. The number of hydrogen-bond acceptors (Lipinski definition) is 6. The van der Waals surface area contributed by atoms with Crippen LogP contribution in [0.3, 0.4) is 0 Å². The van der Waals surface area contributed by atoms with Crippen LogP contribution in [-0.2, 0) is 0 Å². The topological polar surface area (TPSA) is 37.4 Å². The minimum atomic E-state index is -0.0779. The maximum absolute atomic E-state index is 6.89. The first kappa shape index (κ1) is 53.7. The van der Waals surface area contributed by atoms with Crippen molar-refractivity contribution >= 4 is 120 Å². The molecule has 6 aliphatic heterocycles. The van der Waals surface area contributed by atoms with Crippen LogP contribution in [0.5, 0.6) is 34.5 Å². The van der Waals surface area contributed by atoms with Gasteiger partial charge in [-0.15, -0.1) is 0 Å². The van der Waals surface area contributed by atoms with Crippen LogP contribution in [-0.4, -0.2) is 20.1 Å². The number of fused-ring (bicyclic) bond motifs is 12. The fraction of sp³-hybridized carbons (Fsp3) is 0.0714. The molecule has 6 aliphatic rings. The Morgan fingerprint density at radius 3 is 0.785 bits per heavy atom. The summed E-state index contributed by atoms with van der Waals surface area (Å²) in [5.74, 6) is 5.37. The van der Waals surface area contributed by atoms with Crippen molar-refractivity contribution in [2.24, 2.45) is 0 Å². The number of rotatable bonds is 6. The number of benzene rings is 13. The number of nitrogens with zero attached hydrogens (tertiary/aromatic N) is 3. The molecule has 93 heavy (non-hydrogen) atoms. The van der Waals surface area contributed by atoms with Gasteiger partial charge >= 0.3 is 0 Å². The molecule has 0 N–H and O–H groups in total. The molecular weight excluding hydrogens is 1130 g/mol. The van der Waals surface area contributed by atoms with E-state index in [0.717, 1.165) is 119 Å². The Kier molecular flexibility index (Phi) is 11.6. The summed E-state index contributed by atoms with van der Waals surface area (Å²) in [4.78, 5) is 7.33. The number of hydrogen-bond donors (Lipinski definition) is 0. The van der Waals surface area contributed by atoms with E-state index < -0.39 is 0 Å². The molecule has 6 nitrogen and oxygen atoms in total. The van der Waals surface area contributed by atoms with E-state index in [1.54, 1.807) is 0 Å². The zero-order chi connectivity index (χ0) is 62.1. The standard InChI is InChI=1S/C84H60B3N3O3/c1-49-16-28-61(29-17-49)88-70-34-25-55(46-64(70)85-67-40-52(4)22-37-76(67)91-79-13-7-10-73(88)82(79)85)58-43-59(56-26-35-71-65(47-56)86-68-41-53(5)23-38-77(68)92-80-14-8-11-74(83(80)86)89(71)62-30-18-50(2)19-31-62)45-60(44-58)57-27-36-72-66(48-57)87-69-42-54(6)24-39-78(69)93-81-15-9-12-75(84(81)87)90(72)63-32-20-51(3)21-33-63/h7-48H,1-6H3. The van der Waals surface area contributed by atoms with Crippen molar-refractivity contribution in [2.45, 2.75) is 41.5 Å². The average molecular weight is 1190 g/mol. The second-order valence-electron chi connectivity index (χ2n) is 26.4. The van der Waals surface area contributed by atoms with Crippen molar-refractivity contribution in [1.82, 2.24) is 0 Å². The molecule has 0 saturated heterocycles. The van der Waals surface area contributed by atoms with Crippen molar-refractivity contribution in [3.05, 3.63) is 288 Å². The Balaban J connectivity index is 0.854. The normalized spacial score (nSPS) is 13.6. The molecular formula is C84H60B3N3O3. The SMILES string of the molecule is Cc1ccc(N2c3ccc(-c4cc(-c5ccc6c(c5)B5c7cc(C)ccc7Oc7cccc(c75)N6c5ccc(C)cc5)cc(-c5ccc6c(c5)B5c7cc(C)ccc7Oc7cccc(c75)N6c5ccc(C)cc5)c4)cc3B3c4cc(C)ccc4Oc4cccc2c43)cc1. The van der Waals surface area contributed by atoms with Crippen molar-refractivity contribution < 1.29 is 14.2 Å². The molecule has 0 radical (unpaired) electrons. The molecule has 6 heterocycles. The van der Waals surface area contributed by atoms with Gasteiger partial charge in [0.2, 0.25) is 0 Å². The van der Waals surface area contributed by atoms with Crippen LogP contribution in [0.2, 0.25) is 0 Å². The molecule has 0 amide bonds. The van der Waals surface area contributed by atoms with Crippen LogP contribution in [0.4, 0.5) is 51.2 Å². The molecule has 0 bridgehead atoms. The van der Waals surface area contributed by atoms with E-state index >= 15 is 0 Å². The van der Waals surface area contributed by atoms with Gasteiger partial charge in [0.15, 0.2) is 0 Å². The molecule has 0 fully saturated rings. The number of ether oxygens (including phenoxy) is 3. The van der Waals surface area contributed by atoms with Crippen molar-refractivity contribution in [2.75, 3.05) is 14.7 Å². The van der Waals surface area contributed by atoms with Gasteiger partial charge in [0.25, 0.3) is 20.1 Å². The summed E-state index contributed by atoms with van der Waals surface area (Å²) >= 11 is 0. The first-order valence-corrected chi connectivity index (χ1v) is 32.4. The van der Waals surface area contributed by atoms with Gasteiger partial charge in [-0.3, -0.25) is 0 Å². The maximum Gasteiger partial charge on any atom is 0.256 e. The summed E-state index contributed by atoms with van der Waals surface area (Å²) in [5.41, 5.74) is 35.0. The first-order chi connectivity index (χ1) is 45.5. The highest BCUT2D eigenvalue weighted by molar-refractivity contribution is 7.01. The van der Waals surface area contributed by atoms with Crippen LogP contribution in [0, 0.1) is 41.5 Å². The second-order valence-corrected chi connectivity index (χ2v) is 26.4. The quantitative estimate of drug-likeness (QED) is 0.155. The average Bonchev–Trinajstić information content (AvgIpc) is 1.43. The van der Waals surface area contributed by atoms with E-state index in [2.05, 4.69) is 311 Å². The second kappa shape index (κ2) is 20.2. The van der Waals surface area contributed by atoms with Crippen molar-refractivity contribution in [3.8, 4) is 67.9 Å². The molecule has 0 spiro atoms. The minimum absolute atomic E-state index is 0.0779. The maximum atomic E-state index is 6.89. The lowest BCUT2D eigenvalue weighted by atomic mass is 9.34. The highest BCUT2D eigenvalue weighted by atomic mass is 16.5. The van der Waals surface area contributed by atoms with Gasteiger partial charge in [-0.05, 0) is 251 Å². The van der Waals surface area contributed by atoms with Gasteiger partial charge in [0.05, 0.1) is 0 Å². The van der Waals surface area contributed by atoms with Crippen LogP contribution < -0.4 is 78.1 Å². The van der Waals surface area contributed by atoms with E-state index in [0.29, 0.717) is 0 Å². The van der Waals surface area contributed by atoms with E-state index in [9.17, 15) is 0 Å². The summed E-state index contributed by atoms with van der Waals surface area (Å²) < 4.78 is 20.7. The highest BCUT2D eigenvalue weighted by Gasteiger charge is 2.45. The first-order valence-electron chi connectivity index (χ1n) is 32.4. The zero-order valence-corrected chi connectivity index (χ0v) is 52.5. The van der Waals surface area contributed by atoms with Crippen molar-refractivity contribution in [3.63, 3.8) is 0 Å². The van der Waals surface area contributed by atoms with Crippen LogP contribution in [0.1, 0.15) is 33.4 Å². The molecule has 438 valence electrons. The molecule has 0 aliphatic carbocycles. The van der Waals surface area contributed by atoms with E-state index in [1.165, 1.54) is 82.5 Å². The molecule has 13 aromatic rings. The Labute approximate surface area is 543 Å². The van der Waals surface area contributed by atoms with Crippen LogP contribution in [0.15, 0.2) is 255 Å². The monoisotopic (exact) mass is 1190 g/mol. The van der Waals surface area contributed by atoms with E-state index in [4.69, 9.17) is 14.2 Å². The molecule has 13 aromatic carbocycles. The fourth-order valence-corrected chi connectivity index (χ4v) is 16.0. The summed E-state index contributed by atoms with van der Waals surface area (Å²) in [6.45, 7) is 12.8. The van der Waals surface area contributed by atoms with Crippen molar-refractivity contribution in [1.29, 1.82) is 0 Å². The third kappa shape index (κ3) is 8.25. The molecule has 9 heteroatoms. The summed E-state index contributed by atoms with van der Waals surface area (Å²) in [7, 11) is 0. The zero-order valence-electron chi connectivity index (χ0n) is 52.5. The number of aryl methyl sites for hydroxylation is 6. The minimum Gasteiger partial charge on any atom is -0.458 e. The Morgan fingerprint density at radius 2 is 0.495 bits per heavy atom. The largest absolute Gasteiger partial charge is 0.458 e. The van der Waals surface area contributed by atoms with Gasteiger partial charge in [-0.2, -0.15) is 0 Å². The van der Waals surface area contributed by atoms with E-state index in [-0.39, 0.29) is 20.1 Å². The van der Waals surface area contributed by atoms with Gasteiger partial charge < -0.3 is 28.9 Å². The third-order valence-corrected chi connectivity index (χ3v) is 20.4. The van der Waals surface area contributed by atoms with Gasteiger partial charge in [0, 0.05) is 51.2 Å². The fourth-order valence-electron chi connectivity index (χ4n) is 16.0. The summed E-state index contributed by atoms with van der Waals surface area (Å²) in [6, 6.07) is 95.3. The summed E-state index contributed by atoms with van der Waals surface area (Å²) in [5, 5.41) is 0. The van der Waals surface area contributed by atoms with Gasteiger partial charge in [0.1, 0.15) is 34.5 Å². The third-order valence-electron chi connectivity index (χ3n) is 20.4. The molecule has 0 saturated carbocycles. The van der Waals surface area contributed by atoms with E-state index in [1.807, 2.05) is 0 Å². The lowest BCUT2D eigenvalue weighted by molar-refractivity contribution is 0.487. The lowest BCUT2D eigenvalue weighted by Crippen LogP contribution is -2.59. The predicted molar refractivity (Wildman–Crippen MR) is 389 cm³/mol. The number of anilines is 9. The molecule has 0 atom stereocenters. The highest BCUT2D eigenvalue weighted by Crippen LogP contribution is 2.47.